The van der Waals surface area contributed by atoms with Crippen LogP contribution in [0.15, 0.2) is 12.1 Å². The van der Waals surface area contributed by atoms with Crippen LogP contribution in [0.25, 0.3) is 0 Å². The number of nitrogens with zero attached hydrogens (tertiary/aromatic N) is 2. The van der Waals surface area contributed by atoms with Gasteiger partial charge in [-0.3, -0.25) is 4.79 Å². The van der Waals surface area contributed by atoms with Crippen molar-refractivity contribution < 1.29 is 4.79 Å². The molecule has 0 atom stereocenters. The molecule has 1 saturated heterocycles. The molecule has 6 heteroatoms. The second kappa shape index (κ2) is 4.90. The minimum absolute atomic E-state index is 0.0969. The molecular weight excluding hydrogens is 218 g/mol. The summed E-state index contributed by atoms with van der Waals surface area (Å²) >= 11 is 0. The number of anilines is 3. The molecule has 0 bridgehead atoms. The summed E-state index contributed by atoms with van der Waals surface area (Å²) in [7, 11) is 0. The minimum Gasteiger partial charge on any atom is -0.396 e. The topological polar surface area (TPSA) is 97.3 Å². The first kappa shape index (κ1) is 11.5. The zero-order valence-corrected chi connectivity index (χ0v) is 9.65. The Balaban J connectivity index is 1.88. The molecule has 1 amide bonds. The summed E-state index contributed by atoms with van der Waals surface area (Å²) in [5.41, 5.74) is 11.6. The number of carbonyl (C=O) groups is 1. The maximum Gasteiger partial charge on any atom is 0.241 e. The Morgan fingerprint density at radius 3 is 2.71 bits per heavy atom. The predicted octanol–water partition coefficient (Wildman–Crippen LogP) is 0.280. The number of hydrogen-bond acceptors (Lipinski definition) is 5. The van der Waals surface area contributed by atoms with Gasteiger partial charge < -0.3 is 21.7 Å². The fourth-order valence-corrected chi connectivity index (χ4v) is 1.83. The monoisotopic (exact) mass is 235 g/mol. The van der Waals surface area contributed by atoms with E-state index in [1.54, 1.807) is 12.1 Å². The van der Waals surface area contributed by atoms with E-state index in [9.17, 15) is 4.79 Å². The lowest BCUT2D eigenvalue weighted by Crippen LogP contribution is -2.33. The van der Waals surface area contributed by atoms with Gasteiger partial charge in [-0.15, -0.1) is 0 Å². The molecule has 0 unspecified atom stereocenters. The predicted molar refractivity (Wildman–Crippen MR) is 67.4 cm³/mol. The largest absolute Gasteiger partial charge is 0.396 e. The molecule has 1 aromatic heterocycles. The van der Waals surface area contributed by atoms with Crippen LogP contribution >= 0.6 is 0 Å². The minimum atomic E-state index is 0.0969. The zero-order valence-electron chi connectivity index (χ0n) is 9.65. The molecule has 2 rings (SSSR count). The van der Waals surface area contributed by atoms with Gasteiger partial charge in [-0.05, 0) is 25.0 Å². The fraction of sp³-hybridized carbons (Fsp3) is 0.455. The van der Waals surface area contributed by atoms with E-state index in [0.29, 0.717) is 11.5 Å². The molecule has 0 radical (unpaired) electrons. The average molecular weight is 235 g/mol. The van der Waals surface area contributed by atoms with Crippen LogP contribution in [0.2, 0.25) is 0 Å². The van der Waals surface area contributed by atoms with Crippen LogP contribution < -0.4 is 16.8 Å². The van der Waals surface area contributed by atoms with Crippen LogP contribution in [0.4, 0.5) is 17.3 Å². The van der Waals surface area contributed by atoms with Crippen molar-refractivity contribution in [3.63, 3.8) is 0 Å². The Kier molecular flexibility index (Phi) is 3.32. The van der Waals surface area contributed by atoms with Crippen molar-refractivity contribution in [2.24, 2.45) is 0 Å². The van der Waals surface area contributed by atoms with E-state index >= 15 is 0 Å². The summed E-state index contributed by atoms with van der Waals surface area (Å²) in [5, 5.41) is 2.95. The van der Waals surface area contributed by atoms with Gasteiger partial charge in [0.2, 0.25) is 5.91 Å². The van der Waals surface area contributed by atoms with E-state index in [4.69, 9.17) is 11.5 Å². The van der Waals surface area contributed by atoms with Crippen molar-refractivity contribution in [1.29, 1.82) is 0 Å². The van der Waals surface area contributed by atoms with E-state index in [1.807, 2.05) is 4.90 Å². The van der Waals surface area contributed by atoms with Crippen LogP contribution in [0.1, 0.15) is 12.8 Å². The summed E-state index contributed by atoms with van der Waals surface area (Å²) in [6.07, 6.45) is 2.19. The van der Waals surface area contributed by atoms with E-state index in [0.717, 1.165) is 25.9 Å². The first-order valence-corrected chi connectivity index (χ1v) is 5.70. The van der Waals surface area contributed by atoms with Crippen molar-refractivity contribution in [3.05, 3.63) is 12.1 Å². The maximum absolute atomic E-state index is 11.8. The number of likely N-dealkylation sites (tertiary alicyclic amines) is 1. The van der Waals surface area contributed by atoms with Crippen molar-refractivity contribution in [2.75, 3.05) is 36.4 Å². The maximum atomic E-state index is 11.8. The number of aromatic nitrogens is 1. The van der Waals surface area contributed by atoms with Gasteiger partial charge in [0.25, 0.3) is 0 Å². The standard InChI is InChI=1S/C11H17N5O/c12-8-3-4-9(15-11(8)13)14-7-10(17)16-5-1-2-6-16/h3-4H,1-2,5-7,12H2,(H3,13,14,15). The zero-order chi connectivity index (χ0) is 12.3. The fourth-order valence-electron chi connectivity index (χ4n) is 1.83. The third-order valence-electron chi connectivity index (χ3n) is 2.84. The number of nitrogens with one attached hydrogen (secondary N) is 1. The Morgan fingerprint density at radius 2 is 2.06 bits per heavy atom. The highest BCUT2D eigenvalue weighted by molar-refractivity contribution is 5.81. The lowest BCUT2D eigenvalue weighted by Gasteiger charge is -2.15. The third kappa shape index (κ3) is 2.77. The average Bonchev–Trinajstić information content (AvgIpc) is 2.84. The SMILES string of the molecule is Nc1ccc(NCC(=O)N2CCCC2)nc1N. The van der Waals surface area contributed by atoms with Crippen LogP contribution in [-0.4, -0.2) is 35.4 Å². The number of carbonyl (C=O) groups excluding carboxylic acids is 1. The second-order valence-electron chi connectivity index (χ2n) is 4.11. The summed E-state index contributed by atoms with van der Waals surface area (Å²) in [4.78, 5) is 17.6. The Labute approximate surface area is 100.0 Å². The Bertz CT molecular complexity index is 414. The molecule has 1 aromatic rings. The van der Waals surface area contributed by atoms with Gasteiger partial charge in [0.1, 0.15) is 11.6 Å². The van der Waals surface area contributed by atoms with Crippen LogP contribution in [0.3, 0.4) is 0 Å². The molecule has 0 saturated carbocycles. The molecule has 2 heterocycles. The number of nitrogens with two attached hydrogens (primary N) is 2. The van der Waals surface area contributed by atoms with E-state index in [-0.39, 0.29) is 18.3 Å². The number of pyridine rings is 1. The van der Waals surface area contributed by atoms with Crippen LogP contribution in [0.5, 0.6) is 0 Å². The Morgan fingerprint density at radius 1 is 1.35 bits per heavy atom. The molecule has 17 heavy (non-hydrogen) atoms. The van der Waals surface area contributed by atoms with Crippen LogP contribution in [0, 0.1) is 0 Å². The van der Waals surface area contributed by atoms with Crippen molar-refractivity contribution >= 4 is 23.2 Å². The molecule has 92 valence electrons. The number of hydrogen-bond donors (Lipinski definition) is 3. The molecule has 1 aliphatic rings. The first-order chi connectivity index (χ1) is 8.16. The molecule has 6 nitrogen and oxygen atoms in total. The highest BCUT2D eigenvalue weighted by atomic mass is 16.2. The van der Waals surface area contributed by atoms with Gasteiger partial charge in [-0.25, -0.2) is 4.98 Å². The van der Waals surface area contributed by atoms with E-state index in [2.05, 4.69) is 10.3 Å². The van der Waals surface area contributed by atoms with Crippen molar-refractivity contribution in [2.45, 2.75) is 12.8 Å². The normalized spacial score (nSPS) is 14.9. The van der Waals surface area contributed by atoms with Crippen LogP contribution in [-0.2, 0) is 4.79 Å². The summed E-state index contributed by atoms with van der Waals surface area (Å²) in [6, 6.07) is 3.38. The summed E-state index contributed by atoms with van der Waals surface area (Å²) in [6.45, 7) is 1.96. The molecule has 0 spiro atoms. The number of nitrogen functional groups attached to an aromatic ring is 2. The van der Waals surface area contributed by atoms with Gasteiger partial charge in [-0.1, -0.05) is 0 Å². The highest BCUT2D eigenvalue weighted by Gasteiger charge is 2.17. The summed E-state index contributed by atoms with van der Waals surface area (Å²) < 4.78 is 0. The first-order valence-electron chi connectivity index (χ1n) is 5.70. The molecule has 5 N–H and O–H groups in total. The number of amides is 1. The molecule has 1 fully saturated rings. The third-order valence-corrected chi connectivity index (χ3v) is 2.84. The molecule has 0 aromatic carbocycles. The summed E-state index contributed by atoms with van der Waals surface area (Å²) in [5.74, 6) is 0.951. The molecule has 0 aliphatic carbocycles. The molecular formula is C11H17N5O. The van der Waals surface area contributed by atoms with Gasteiger partial charge >= 0.3 is 0 Å². The van der Waals surface area contributed by atoms with Crippen molar-refractivity contribution in [3.8, 4) is 0 Å². The van der Waals surface area contributed by atoms with Gasteiger partial charge in [0.15, 0.2) is 0 Å². The van der Waals surface area contributed by atoms with Gasteiger partial charge in [0.05, 0.1) is 12.2 Å². The van der Waals surface area contributed by atoms with Gasteiger partial charge in [0, 0.05) is 13.1 Å². The Hall–Kier alpha value is -1.98. The second-order valence-corrected chi connectivity index (χ2v) is 4.11. The van der Waals surface area contributed by atoms with E-state index in [1.165, 1.54) is 0 Å². The highest BCUT2D eigenvalue weighted by Crippen LogP contribution is 2.14. The molecule has 1 aliphatic heterocycles. The smallest absolute Gasteiger partial charge is 0.241 e. The lowest BCUT2D eigenvalue weighted by molar-refractivity contribution is -0.128. The van der Waals surface area contributed by atoms with E-state index < -0.39 is 0 Å². The van der Waals surface area contributed by atoms with Gasteiger partial charge in [-0.2, -0.15) is 0 Å². The van der Waals surface area contributed by atoms with Crippen molar-refractivity contribution in [1.82, 2.24) is 9.88 Å². The lowest BCUT2D eigenvalue weighted by atomic mass is 10.4. The number of rotatable bonds is 3. The quantitative estimate of drug-likeness (QED) is 0.699.